The standard InChI is InChI=1S/C8H15NO3/c1-5(2)9-4-3-6(10)7(9)8(11)12/h5-7,10H,3-4H2,1-2H3,(H,11,12)/t6-,7-/m0/s1. The summed E-state index contributed by atoms with van der Waals surface area (Å²) in [5.74, 6) is -0.922. The molecule has 0 aromatic carbocycles. The monoisotopic (exact) mass is 173 g/mol. The highest BCUT2D eigenvalue weighted by molar-refractivity contribution is 5.74. The van der Waals surface area contributed by atoms with Crippen molar-refractivity contribution in [3.63, 3.8) is 0 Å². The highest BCUT2D eigenvalue weighted by Crippen LogP contribution is 2.20. The Kier molecular flexibility index (Phi) is 2.69. The van der Waals surface area contributed by atoms with Gasteiger partial charge in [0.1, 0.15) is 6.04 Å². The zero-order valence-corrected chi connectivity index (χ0v) is 7.40. The average Bonchev–Trinajstić information content (AvgIpc) is 2.30. The summed E-state index contributed by atoms with van der Waals surface area (Å²) in [6.07, 6.45) is -0.139. The van der Waals surface area contributed by atoms with E-state index in [0.717, 1.165) is 0 Å². The smallest absolute Gasteiger partial charge is 0.323 e. The molecule has 4 nitrogen and oxygen atoms in total. The SMILES string of the molecule is CC(C)N1CC[C@H](O)[C@H]1C(=O)O. The van der Waals surface area contributed by atoms with Crippen molar-refractivity contribution < 1.29 is 15.0 Å². The molecule has 1 fully saturated rings. The van der Waals surface area contributed by atoms with Gasteiger partial charge in [-0.25, -0.2) is 0 Å². The van der Waals surface area contributed by atoms with E-state index < -0.39 is 18.1 Å². The number of aliphatic hydroxyl groups is 1. The molecule has 12 heavy (non-hydrogen) atoms. The fourth-order valence-corrected chi connectivity index (χ4v) is 1.69. The van der Waals surface area contributed by atoms with E-state index in [9.17, 15) is 9.90 Å². The van der Waals surface area contributed by atoms with Crippen molar-refractivity contribution >= 4 is 5.97 Å². The molecule has 0 saturated carbocycles. The van der Waals surface area contributed by atoms with Gasteiger partial charge in [-0.05, 0) is 20.3 Å². The Morgan fingerprint density at radius 3 is 2.50 bits per heavy atom. The van der Waals surface area contributed by atoms with Crippen LogP contribution in [0.1, 0.15) is 20.3 Å². The summed E-state index contributed by atoms with van der Waals surface area (Å²) in [5, 5.41) is 18.2. The van der Waals surface area contributed by atoms with Gasteiger partial charge in [-0.2, -0.15) is 0 Å². The molecule has 0 bridgehead atoms. The Morgan fingerprint density at radius 1 is 1.58 bits per heavy atom. The maximum absolute atomic E-state index is 10.7. The molecule has 0 aliphatic carbocycles. The Balaban J connectivity index is 2.70. The van der Waals surface area contributed by atoms with E-state index in [1.54, 1.807) is 0 Å². The highest BCUT2D eigenvalue weighted by Gasteiger charge is 2.39. The van der Waals surface area contributed by atoms with E-state index in [4.69, 9.17) is 5.11 Å². The minimum Gasteiger partial charge on any atom is -0.480 e. The lowest BCUT2D eigenvalue weighted by molar-refractivity contribution is -0.145. The van der Waals surface area contributed by atoms with Crippen LogP contribution in [-0.4, -0.2) is 45.8 Å². The van der Waals surface area contributed by atoms with Gasteiger partial charge in [0.15, 0.2) is 0 Å². The number of aliphatic hydroxyl groups excluding tert-OH is 1. The first-order valence-corrected chi connectivity index (χ1v) is 4.20. The minimum absolute atomic E-state index is 0.184. The van der Waals surface area contributed by atoms with Crippen molar-refractivity contribution in [1.82, 2.24) is 4.90 Å². The molecule has 1 aliphatic rings. The molecule has 0 aromatic heterocycles. The van der Waals surface area contributed by atoms with Gasteiger partial charge in [0.05, 0.1) is 6.10 Å². The van der Waals surface area contributed by atoms with Crippen LogP contribution in [0.4, 0.5) is 0 Å². The van der Waals surface area contributed by atoms with Gasteiger partial charge in [0, 0.05) is 12.6 Å². The molecular weight excluding hydrogens is 158 g/mol. The number of carboxylic acids is 1. The molecule has 1 aliphatic heterocycles. The van der Waals surface area contributed by atoms with Crippen molar-refractivity contribution in [3.8, 4) is 0 Å². The molecule has 1 rings (SSSR count). The predicted octanol–water partition coefficient (Wildman–Crippen LogP) is -0.0854. The zero-order valence-electron chi connectivity index (χ0n) is 7.40. The Hall–Kier alpha value is -0.610. The van der Waals surface area contributed by atoms with Crippen LogP contribution in [0.2, 0.25) is 0 Å². The molecule has 2 N–H and O–H groups in total. The molecule has 1 heterocycles. The number of hydrogen-bond donors (Lipinski definition) is 2. The Labute approximate surface area is 71.8 Å². The van der Waals surface area contributed by atoms with Gasteiger partial charge in [0.2, 0.25) is 0 Å². The molecule has 4 heteroatoms. The van der Waals surface area contributed by atoms with Crippen molar-refractivity contribution in [3.05, 3.63) is 0 Å². The maximum Gasteiger partial charge on any atom is 0.323 e. The van der Waals surface area contributed by atoms with Crippen LogP contribution in [0.3, 0.4) is 0 Å². The molecule has 1 saturated heterocycles. The van der Waals surface area contributed by atoms with Gasteiger partial charge < -0.3 is 10.2 Å². The topological polar surface area (TPSA) is 60.8 Å². The van der Waals surface area contributed by atoms with Crippen LogP contribution < -0.4 is 0 Å². The summed E-state index contributed by atoms with van der Waals surface area (Å²) < 4.78 is 0. The zero-order chi connectivity index (χ0) is 9.30. The number of nitrogens with zero attached hydrogens (tertiary/aromatic N) is 1. The van der Waals surface area contributed by atoms with E-state index in [2.05, 4.69) is 0 Å². The summed E-state index contributed by atoms with van der Waals surface area (Å²) in [7, 11) is 0. The molecule has 0 radical (unpaired) electrons. The second-order valence-electron chi connectivity index (χ2n) is 3.47. The average molecular weight is 173 g/mol. The van der Waals surface area contributed by atoms with Crippen molar-refractivity contribution in [2.45, 2.75) is 38.5 Å². The molecule has 0 aromatic rings. The number of likely N-dealkylation sites (tertiary alicyclic amines) is 1. The normalized spacial score (nSPS) is 31.3. The summed E-state index contributed by atoms with van der Waals surface area (Å²) in [4.78, 5) is 12.5. The molecule has 70 valence electrons. The van der Waals surface area contributed by atoms with Crippen LogP contribution in [0.15, 0.2) is 0 Å². The first-order valence-electron chi connectivity index (χ1n) is 4.20. The van der Waals surface area contributed by atoms with E-state index in [1.165, 1.54) is 0 Å². The van der Waals surface area contributed by atoms with Crippen molar-refractivity contribution in [2.75, 3.05) is 6.54 Å². The molecular formula is C8H15NO3. The number of hydrogen-bond acceptors (Lipinski definition) is 3. The van der Waals surface area contributed by atoms with Gasteiger partial charge in [0.25, 0.3) is 0 Å². The second kappa shape index (κ2) is 3.41. The summed E-state index contributed by atoms with van der Waals surface area (Å²) in [6.45, 7) is 4.55. The third-order valence-electron chi connectivity index (χ3n) is 2.32. The van der Waals surface area contributed by atoms with Crippen LogP contribution in [0, 0.1) is 0 Å². The third-order valence-corrected chi connectivity index (χ3v) is 2.32. The van der Waals surface area contributed by atoms with Crippen molar-refractivity contribution in [1.29, 1.82) is 0 Å². The summed E-state index contributed by atoms with van der Waals surface area (Å²) in [5.41, 5.74) is 0. The first kappa shape index (κ1) is 9.48. The Morgan fingerprint density at radius 2 is 2.17 bits per heavy atom. The first-order chi connectivity index (χ1) is 5.54. The van der Waals surface area contributed by atoms with Gasteiger partial charge in [-0.3, -0.25) is 9.69 Å². The van der Waals surface area contributed by atoms with Crippen LogP contribution >= 0.6 is 0 Å². The largest absolute Gasteiger partial charge is 0.480 e. The number of rotatable bonds is 2. The van der Waals surface area contributed by atoms with Crippen LogP contribution in [-0.2, 0) is 4.79 Å². The maximum atomic E-state index is 10.7. The lowest BCUT2D eigenvalue weighted by atomic mass is 10.1. The van der Waals surface area contributed by atoms with E-state index >= 15 is 0 Å². The Bertz CT molecular complexity index is 181. The lowest BCUT2D eigenvalue weighted by Crippen LogP contribution is -2.45. The van der Waals surface area contributed by atoms with Crippen LogP contribution in [0.5, 0.6) is 0 Å². The van der Waals surface area contributed by atoms with Gasteiger partial charge in [-0.1, -0.05) is 0 Å². The summed E-state index contributed by atoms with van der Waals surface area (Å²) in [6, 6.07) is -0.520. The fourth-order valence-electron chi connectivity index (χ4n) is 1.69. The predicted molar refractivity (Wildman–Crippen MR) is 43.9 cm³/mol. The number of aliphatic carboxylic acids is 1. The van der Waals surface area contributed by atoms with E-state index in [0.29, 0.717) is 13.0 Å². The number of carboxylic acid groups (broad SMARTS) is 1. The second-order valence-corrected chi connectivity index (χ2v) is 3.47. The molecule has 2 atom stereocenters. The lowest BCUT2D eigenvalue weighted by Gasteiger charge is -2.25. The molecule has 0 spiro atoms. The summed E-state index contributed by atoms with van der Waals surface area (Å²) >= 11 is 0. The van der Waals surface area contributed by atoms with Crippen LogP contribution in [0.25, 0.3) is 0 Å². The molecule has 0 unspecified atom stereocenters. The van der Waals surface area contributed by atoms with E-state index in [-0.39, 0.29) is 6.04 Å². The van der Waals surface area contributed by atoms with Crippen molar-refractivity contribution in [2.24, 2.45) is 0 Å². The van der Waals surface area contributed by atoms with Gasteiger partial charge in [-0.15, -0.1) is 0 Å². The minimum atomic E-state index is -0.922. The van der Waals surface area contributed by atoms with E-state index in [1.807, 2.05) is 18.7 Å². The molecule has 0 amide bonds. The third kappa shape index (κ3) is 1.59. The fraction of sp³-hybridized carbons (Fsp3) is 0.875. The highest BCUT2D eigenvalue weighted by atomic mass is 16.4. The quantitative estimate of drug-likeness (QED) is 0.613. The number of carbonyl (C=O) groups is 1. The van der Waals surface area contributed by atoms with Gasteiger partial charge >= 0.3 is 5.97 Å².